The monoisotopic (exact) mass is 357 g/mol. The Morgan fingerprint density at radius 1 is 1.12 bits per heavy atom. The maximum absolute atomic E-state index is 12.3. The second-order valence-corrected chi connectivity index (χ2v) is 5.69. The van der Waals surface area contributed by atoms with Gasteiger partial charge >= 0.3 is 11.7 Å². The van der Waals surface area contributed by atoms with Gasteiger partial charge < -0.3 is 9.47 Å². The summed E-state index contributed by atoms with van der Waals surface area (Å²) in [5.41, 5.74) is 1.84. The van der Waals surface area contributed by atoms with Gasteiger partial charge in [0.25, 0.3) is 0 Å². The zero-order valence-electron chi connectivity index (χ0n) is 14.8. The first-order valence-corrected chi connectivity index (χ1v) is 8.02. The van der Waals surface area contributed by atoms with E-state index in [2.05, 4.69) is 0 Å². The number of Topliss-reactive ketones (excluding diaryl/α,β-unsaturated/α-hetero) is 1. The molecule has 136 valence electrons. The first-order chi connectivity index (χ1) is 12.3. The molecule has 0 aliphatic carbocycles. The number of benzene rings is 2. The Hall–Kier alpha value is -3.22. The summed E-state index contributed by atoms with van der Waals surface area (Å²) in [6, 6.07) is 9.22. The molecule has 0 fully saturated rings. The Bertz CT molecular complexity index is 859. The fourth-order valence-electron chi connectivity index (χ4n) is 2.39. The van der Waals surface area contributed by atoms with Crippen LogP contribution in [0.25, 0.3) is 0 Å². The zero-order valence-corrected chi connectivity index (χ0v) is 14.8. The highest BCUT2D eigenvalue weighted by Gasteiger charge is 2.20. The molecule has 0 heterocycles. The van der Waals surface area contributed by atoms with Crippen molar-refractivity contribution >= 4 is 17.4 Å². The number of aryl methyl sites for hydroxylation is 2. The summed E-state index contributed by atoms with van der Waals surface area (Å²) in [6.45, 7) is 5.18. The van der Waals surface area contributed by atoms with E-state index in [0.717, 1.165) is 17.2 Å². The van der Waals surface area contributed by atoms with Crippen LogP contribution in [0.5, 0.6) is 5.75 Å². The van der Waals surface area contributed by atoms with E-state index < -0.39 is 17.5 Å². The van der Waals surface area contributed by atoms with Crippen molar-refractivity contribution in [2.45, 2.75) is 20.8 Å². The number of rotatable bonds is 7. The lowest BCUT2D eigenvalue weighted by Crippen LogP contribution is -2.15. The third kappa shape index (κ3) is 4.44. The van der Waals surface area contributed by atoms with Gasteiger partial charge in [0.15, 0.2) is 12.4 Å². The topological polar surface area (TPSA) is 95.7 Å². The minimum Gasteiger partial charge on any atom is -0.487 e. The second kappa shape index (κ2) is 8.24. The molecule has 7 nitrogen and oxygen atoms in total. The van der Waals surface area contributed by atoms with Crippen LogP contribution in [0.15, 0.2) is 36.4 Å². The lowest BCUT2D eigenvalue weighted by Gasteiger charge is -2.08. The van der Waals surface area contributed by atoms with Crippen LogP contribution in [0.1, 0.15) is 38.8 Å². The van der Waals surface area contributed by atoms with E-state index >= 15 is 0 Å². The summed E-state index contributed by atoms with van der Waals surface area (Å²) in [7, 11) is 0. The minimum absolute atomic E-state index is 0.0195. The average Bonchev–Trinajstić information content (AvgIpc) is 2.61. The van der Waals surface area contributed by atoms with E-state index in [4.69, 9.17) is 9.47 Å². The van der Waals surface area contributed by atoms with E-state index in [1.165, 1.54) is 12.1 Å². The highest BCUT2D eigenvalue weighted by atomic mass is 16.6. The largest absolute Gasteiger partial charge is 0.487 e. The standard InChI is InChI=1S/C19H19NO6/c1-4-25-18-8-7-14(10-16(18)20(23)24)19(22)26-11-17(21)15-9-12(2)5-6-13(15)3/h5-10H,4,11H2,1-3H3. The SMILES string of the molecule is CCOc1ccc(C(=O)OCC(=O)c2cc(C)ccc2C)cc1[N+](=O)[O-]. The van der Waals surface area contributed by atoms with Crippen molar-refractivity contribution in [3.8, 4) is 5.75 Å². The van der Waals surface area contributed by atoms with Crippen molar-refractivity contribution in [3.05, 3.63) is 68.8 Å². The lowest BCUT2D eigenvalue weighted by atomic mass is 10.0. The molecule has 0 saturated heterocycles. The highest BCUT2D eigenvalue weighted by molar-refractivity contribution is 6.00. The third-order valence-corrected chi connectivity index (χ3v) is 3.72. The minimum atomic E-state index is -0.810. The van der Waals surface area contributed by atoms with Crippen molar-refractivity contribution in [3.63, 3.8) is 0 Å². The molecule has 2 rings (SSSR count). The van der Waals surface area contributed by atoms with Crippen LogP contribution in [0.3, 0.4) is 0 Å². The highest BCUT2D eigenvalue weighted by Crippen LogP contribution is 2.28. The van der Waals surface area contributed by atoms with Gasteiger partial charge in [-0.3, -0.25) is 14.9 Å². The number of hydrogen-bond donors (Lipinski definition) is 0. The Labute approximate surface area is 150 Å². The first-order valence-electron chi connectivity index (χ1n) is 8.02. The van der Waals surface area contributed by atoms with Crippen LogP contribution >= 0.6 is 0 Å². The zero-order chi connectivity index (χ0) is 19.3. The van der Waals surface area contributed by atoms with Crippen LogP contribution < -0.4 is 4.74 Å². The number of hydrogen-bond acceptors (Lipinski definition) is 6. The van der Waals surface area contributed by atoms with Crippen LogP contribution in [0, 0.1) is 24.0 Å². The van der Waals surface area contributed by atoms with Crippen molar-refractivity contribution in [2.75, 3.05) is 13.2 Å². The molecule has 0 amide bonds. The number of ketones is 1. The summed E-state index contributed by atoms with van der Waals surface area (Å²) in [5.74, 6) is -1.07. The van der Waals surface area contributed by atoms with Gasteiger partial charge in [-0.15, -0.1) is 0 Å². The number of ether oxygens (including phenoxy) is 2. The number of carbonyl (C=O) groups is 2. The molecule has 0 saturated carbocycles. The summed E-state index contributed by atoms with van der Waals surface area (Å²) >= 11 is 0. The van der Waals surface area contributed by atoms with Crippen molar-refractivity contribution < 1.29 is 24.0 Å². The van der Waals surface area contributed by atoms with E-state index in [-0.39, 0.29) is 29.4 Å². The quantitative estimate of drug-likeness (QED) is 0.325. The number of nitro benzene ring substituents is 1. The van der Waals surface area contributed by atoms with Gasteiger partial charge in [0.2, 0.25) is 5.78 Å². The van der Waals surface area contributed by atoms with E-state index in [1.54, 1.807) is 19.9 Å². The van der Waals surface area contributed by atoms with Crippen molar-refractivity contribution in [1.82, 2.24) is 0 Å². The van der Waals surface area contributed by atoms with E-state index in [1.807, 2.05) is 19.1 Å². The number of carbonyl (C=O) groups excluding carboxylic acids is 2. The lowest BCUT2D eigenvalue weighted by molar-refractivity contribution is -0.385. The average molecular weight is 357 g/mol. The normalized spacial score (nSPS) is 10.3. The molecule has 0 atom stereocenters. The number of esters is 1. The molecule has 2 aromatic rings. The Balaban J connectivity index is 2.12. The maximum Gasteiger partial charge on any atom is 0.338 e. The smallest absolute Gasteiger partial charge is 0.338 e. The van der Waals surface area contributed by atoms with Crippen molar-refractivity contribution in [2.24, 2.45) is 0 Å². The van der Waals surface area contributed by atoms with Gasteiger partial charge in [-0.1, -0.05) is 17.7 Å². The number of nitro groups is 1. The van der Waals surface area contributed by atoms with Crippen LogP contribution in [0.4, 0.5) is 5.69 Å². The van der Waals surface area contributed by atoms with Crippen LogP contribution in [-0.4, -0.2) is 29.9 Å². The summed E-state index contributed by atoms with van der Waals surface area (Å²) in [4.78, 5) is 34.9. The fourth-order valence-corrected chi connectivity index (χ4v) is 2.39. The van der Waals surface area contributed by atoms with E-state index in [9.17, 15) is 19.7 Å². The van der Waals surface area contributed by atoms with Gasteiger partial charge in [0, 0.05) is 11.6 Å². The second-order valence-electron chi connectivity index (χ2n) is 5.69. The van der Waals surface area contributed by atoms with Crippen molar-refractivity contribution in [1.29, 1.82) is 0 Å². The maximum atomic E-state index is 12.3. The Morgan fingerprint density at radius 2 is 1.85 bits per heavy atom. The van der Waals surface area contributed by atoms with Gasteiger partial charge in [0.05, 0.1) is 17.1 Å². The summed E-state index contributed by atoms with van der Waals surface area (Å²) in [6.07, 6.45) is 0. The molecule has 0 spiro atoms. The van der Waals surface area contributed by atoms with Gasteiger partial charge in [-0.2, -0.15) is 0 Å². The van der Waals surface area contributed by atoms with Crippen LogP contribution in [-0.2, 0) is 4.74 Å². The molecule has 0 aliphatic heterocycles. The van der Waals surface area contributed by atoms with Crippen LogP contribution in [0.2, 0.25) is 0 Å². The first kappa shape index (κ1) is 19.1. The Kier molecular flexibility index (Phi) is 6.06. The molecule has 0 aromatic heterocycles. The molecule has 0 N–H and O–H groups in total. The molecular formula is C19H19NO6. The molecule has 0 radical (unpaired) electrons. The number of nitrogens with zero attached hydrogens (tertiary/aromatic N) is 1. The molecule has 7 heteroatoms. The molecule has 2 aromatic carbocycles. The predicted molar refractivity (Wildman–Crippen MR) is 94.8 cm³/mol. The van der Waals surface area contributed by atoms with Gasteiger partial charge in [-0.05, 0) is 44.5 Å². The predicted octanol–water partition coefficient (Wildman–Crippen LogP) is 3.65. The molecule has 0 bridgehead atoms. The van der Waals surface area contributed by atoms with Gasteiger partial charge in [-0.25, -0.2) is 4.79 Å². The summed E-state index contributed by atoms with van der Waals surface area (Å²) in [5, 5.41) is 11.1. The molecule has 0 aliphatic rings. The fraction of sp³-hybridized carbons (Fsp3) is 0.263. The molecular weight excluding hydrogens is 338 g/mol. The molecule has 0 unspecified atom stereocenters. The summed E-state index contributed by atoms with van der Waals surface area (Å²) < 4.78 is 10.2. The van der Waals surface area contributed by atoms with E-state index in [0.29, 0.717) is 5.56 Å². The third-order valence-electron chi connectivity index (χ3n) is 3.72. The molecule has 26 heavy (non-hydrogen) atoms. The Morgan fingerprint density at radius 3 is 2.50 bits per heavy atom. The van der Waals surface area contributed by atoms with Gasteiger partial charge in [0.1, 0.15) is 0 Å².